The van der Waals surface area contributed by atoms with Gasteiger partial charge in [0.1, 0.15) is 5.75 Å². The number of para-hydroxylation sites is 1. The molecule has 1 aliphatic heterocycles. The quantitative estimate of drug-likeness (QED) is 0.915. The highest BCUT2D eigenvalue weighted by Gasteiger charge is 2.16. The van der Waals surface area contributed by atoms with Crippen LogP contribution in [0.15, 0.2) is 42.5 Å². The molecule has 0 spiro atoms. The minimum absolute atomic E-state index is 0.0262. The van der Waals surface area contributed by atoms with E-state index in [1.54, 1.807) is 24.3 Å². The first-order chi connectivity index (χ1) is 10.7. The lowest BCUT2D eigenvalue weighted by atomic mass is 10.0. The van der Waals surface area contributed by atoms with Gasteiger partial charge in [-0.05, 0) is 42.3 Å². The average molecular weight is 296 g/mol. The molecule has 0 radical (unpaired) electrons. The Balaban J connectivity index is 1.81. The summed E-state index contributed by atoms with van der Waals surface area (Å²) in [4.78, 5) is 23.7. The Morgan fingerprint density at radius 2 is 2.00 bits per heavy atom. The standard InChI is InChI=1S/C17H16N2O3/c1-22-15-5-3-2-4-13(15)17(21)18-12-7-8-14-11(10-12)6-9-16(20)19-14/h2-5,7-8,10H,6,9H2,1H3,(H,18,21)(H,19,20). The van der Waals surface area contributed by atoms with Crippen molar-refractivity contribution in [3.63, 3.8) is 0 Å². The van der Waals surface area contributed by atoms with Gasteiger partial charge in [-0.1, -0.05) is 12.1 Å². The van der Waals surface area contributed by atoms with E-state index >= 15 is 0 Å². The zero-order valence-corrected chi connectivity index (χ0v) is 12.2. The van der Waals surface area contributed by atoms with Crippen molar-refractivity contribution in [1.82, 2.24) is 0 Å². The summed E-state index contributed by atoms with van der Waals surface area (Å²) in [5, 5.41) is 5.68. The van der Waals surface area contributed by atoms with Crippen LogP contribution in [0.5, 0.6) is 5.75 Å². The molecule has 0 saturated carbocycles. The van der Waals surface area contributed by atoms with Crippen LogP contribution in [0.4, 0.5) is 11.4 Å². The van der Waals surface area contributed by atoms with E-state index in [-0.39, 0.29) is 11.8 Å². The molecule has 1 heterocycles. The van der Waals surface area contributed by atoms with Crippen molar-refractivity contribution in [3.05, 3.63) is 53.6 Å². The van der Waals surface area contributed by atoms with Gasteiger partial charge in [-0.3, -0.25) is 9.59 Å². The van der Waals surface area contributed by atoms with Crippen molar-refractivity contribution in [2.75, 3.05) is 17.7 Å². The number of amides is 2. The van der Waals surface area contributed by atoms with E-state index in [4.69, 9.17) is 4.74 Å². The second-order valence-electron chi connectivity index (χ2n) is 5.07. The summed E-state index contributed by atoms with van der Waals surface area (Å²) in [7, 11) is 1.54. The van der Waals surface area contributed by atoms with E-state index in [1.165, 1.54) is 7.11 Å². The largest absolute Gasteiger partial charge is 0.496 e. The van der Waals surface area contributed by atoms with E-state index < -0.39 is 0 Å². The van der Waals surface area contributed by atoms with Gasteiger partial charge in [-0.2, -0.15) is 0 Å². The zero-order chi connectivity index (χ0) is 15.5. The first-order valence-electron chi connectivity index (χ1n) is 7.04. The molecule has 0 aliphatic carbocycles. The Bertz CT molecular complexity index is 740. The Morgan fingerprint density at radius 3 is 2.82 bits per heavy atom. The van der Waals surface area contributed by atoms with Crippen molar-refractivity contribution >= 4 is 23.2 Å². The van der Waals surface area contributed by atoms with Gasteiger partial charge in [0, 0.05) is 17.8 Å². The molecular formula is C17H16N2O3. The smallest absolute Gasteiger partial charge is 0.259 e. The lowest BCUT2D eigenvalue weighted by Crippen LogP contribution is -2.19. The number of nitrogens with one attached hydrogen (secondary N) is 2. The van der Waals surface area contributed by atoms with Crippen LogP contribution in [-0.4, -0.2) is 18.9 Å². The molecule has 0 saturated heterocycles. The van der Waals surface area contributed by atoms with Crippen LogP contribution in [0.2, 0.25) is 0 Å². The van der Waals surface area contributed by atoms with E-state index in [0.29, 0.717) is 29.8 Å². The van der Waals surface area contributed by atoms with Crippen molar-refractivity contribution in [2.45, 2.75) is 12.8 Å². The first-order valence-corrected chi connectivity index (χ1v) is 7.04. The molecule has 5 nitrogen and oxygen atoms in total. The van der Waals surface area contributed by atoms with Crippen LogP contribution in [0, 0.1) is 0 Å². The monoisotopic (exact) mass is 296 g/mol. The van der Waals surface area contributed by atoms with Gasteiger partial charge in [0.05, 0.1) is 12.7 Å². The lowest BCUT2D eigenvalue weighted by molar-refractivity contribution is -0.116. The second-order valence-corrected chi connectivity index (χ2v) is 5.07. The van der Waals surface area contributed by atoms with Gasteiger partial charge in [0.15, 0.2) is 0 Å². The van der Waals surface area contributed by atoms with Crippen molar-refractivity contribution < 1.29 is 14.3 Å². The molecule has 5 heteroatoms. The second kappa shape index (κ2) is 5.89. The number of methoxy groups -OCH3 is 1. The third-order valence-corrected chi connectivity index (χ3v) is 3.61. The Labute approximate surface area is 128 Å². The Hall–Kier alpha value is -2.82. The molecule has 3 rings (SSSR count). The molecule has 2 aromatic rings. The maximum absolute atomic E-state index is 12.4. The van der Waals surface area contributed by atoms with Crippen LogP contribution < -0.4 is 15.4 Å². The molecule has 22 heavy (non-hydrogen) atoms. The fourth-order valence-electron chi connectivity index (χ4n) is 2.49. The highest BCUT2D eigenvalue weighted by Crippen LogP contribution is 2.26. The number of carbonyl (C=O) groups excluding carboxylic acids is 2. The highest BCUT2D eigenvalue weighted by atomic mass is 16.5. The van der Waals surface area contributed by atoms with E-state index in [9.17, 15) is 9.59 Å². The number of anilines is 2. The molecular weight excluding hydrogens is 280 g/mol. The van der Waals surface area contributed by atoms with Gasteiger partial charge in [-0.15, -0.1) is 0 Å². The zero-order valence-electron chi connectivity index (χ0n) is 12.2. The minimum atomic E-state index is -0.225. The van der Waals surface area contributed by atoms with Gasteiger partial charge < -0.3 is 15.4 Å². The molecule has 0 fully saturated rings. The molecule has 0 atom stereocenters. The number of fused-ring (bicyclic) bond motifs is 1. The third kappa shape index (κ3) is 2.79. The maximum Gasteiger partial charge on any atom is 0.259 e. The maximum atomic E-state index is 12.4. The molecule has 2 aromatic carbocycles. The van der Waals surface area contributed by atoms with Crippen molar-refractivity contribution in [3.8, 4) is 5.75 Å². The molecule has 0 unspecified atom stereocenters. The lowest BCUT2D eigenvalue weighted by Gasteiger charge is -2.18. The summed E-state index contributed by atoms with van der Waals surface area (Å²) in [6.45, 7) is 0. The van der Waals surface area contributed by atoms with Gasteiger partial charge >= 0.3 is 0 Å². The summed E-state index contributed by atoms with van der Waals surface area (Å²) >= 11 is 0. The fourth-order valence-corrected chi connectivity index (χ4v) is 2.49. The van der Waals surface area contributed by atoms with Gasteiger partial charge in [0.25, 0.3) is 5.91 Å². The number of benzene rings is 2. The minimum Gasteiger partial charge on any atom is -0.496 e. The number of hydrogen-bond acceptors (Lipinski definition) is 3. The van der Waals surface area contributed by atoms with Crippen LogP contribution in [0.3, 0.4) is 0 Å². The van der Waals surface area contributed by atoms with Crippen molar-refractivity contribution in [1.29, 1.82) is 0 Å². The Morgan fingerprint density at radius 1 is 1.18 bits per heavy atom. The molecule has 112 valence electrons. The summed E-state index contributed by atoms with van der Waals surface area (Å²) < 4.78 is 5.20. The van der Waals surface area contributed by atoms with Crippen LogP contribution in [0.1, 0.15) is 22.3 Å². The highest BCUT2D eigenvalue weighted by molar-refractivity contribution is 6.06. The first kappa shape index (κ1) is 14.1. The van der Waals surface area contributed by atoms with Crippen LogP contribution in [0.25, 0.3) is 0 Å². The van der Waals surface area contributed by atoms with Crippen LogP contribution in [-0.2, 0) is 11.2 Å². The summed E-state index contributed by atoms with van der Waals surface area (Å²) in [5.41, 5.74) is 3.02. The van der Waals surface area contributed by atoms with Gasteiger partial charge in [0.2, 0.25) is 5.91 Å². The SMILES string of the molecule is COc1ccccc1C(=O)Nc1ccc2c(c1)CCC(=O)N2. The molecule has 0 bridgehead atoms. The Kier molecular flexibility index (Phi) is 3.78. The number of carbonyl (C=O) groups is 2. The van der Waals surface area contributed by atoms with Crippen molar-refractivity contribution in [2.24, 2.45) is 0 Å². The number of aryl methyl sites for hydroxylation is 1. The predicted molar refractivity (Wildman–Crippen MR) is 84.3 cm³/mol. The number of hydrogen-bond donors (Lipinski definition) is 2. The predicted octanol–water partition coefficient (Wildman–Crippen LogP) is 2.83. The third-order valence-electron chi connectivity index (χ3n) is 3.61. The van der Waals surface area contributed by atoms with E-state index in [0.717, 1.165) is 11.3 Å². The molecule has 0 aromatic heterocycles. The van der Waals surface area contributed by atoms with Crippen LogP contribution >= 0.6 is 0 Å². The number of rotatable bonds is 3. The normalized spacial score (nSPS) is 13.0. The molecule has 2 amide bonds. The molecule has 1 aliphatic rings. The van der Waals surface area contributed by atoms with E-state index in [1.807, 2.05) is 18.2 Å². The summed E-state index contributed by atoms with van der Waals surface area (Å²) in [6, 6.07) is 12.5. The fraction of sp³-hybridized carbons (Fsp3) is 0.176. The summed E-state index contributed by atoms with van der Waals surface area (Å²) in [6.07, 6.45) is 1.15. The average Bonchev–Trinajstić information content (AvgIpc) is 2.55. The molecule has 2 N–H and O–H groups in total. The topological polar surface area (TPSA) is 67.4 Å². The number of ether oxygens (including phenoxy) is 1. The van der Waals surface area contributed by atoms with E-state index in [2.05, 4.69) is 10.6 Å². The summed E-state index contributed by atoms with van der Waals surface area (Å²) in [5.74, 6) is 0.334. The van der Waals surface area contributed by atoms with Gasteiger partial charge in [-0.25, -0.2) is 0 Å².